The summed E-state index contributed by atoms with van der Waals surface area (Å²) in [6, 6.07) is 52.5. The topological polar surface area (TPSA) is 38.9 Å². The molecule has 1 aliphatic heterocycles. The third kappa shape index (κ3) is 5.78. The van der Waals surface area contributed by atoms with Crippen LogP contribution in [0.4, 0.5) is 0 Å². The number of fused-ring (bicyclic) bond motifs is 7. The first-order valence-electron chi connectivity index (χ1n) is 18.9. The summed E-state index contributed by atoms with van der Waals surface area (Å²) in [6.07, 6.45) is 6.62. The number of thioether (sulfide) groups is 1. The molecule has 7 aromatic carbocycles. The number of rotatable bonds is 8. The zero-order valence-corrected chi connectivity index (χ0v) is 31.5. The van der Waals surface area contributed by atoms with Gasteiger partial charge in [-0.15, -0.1) is 11.8 Å². The van der Waals surface area contributed by atoms with Crippen LogP contribution in [0.3, 0.4) is 0 Å². The van der Waals surface area contributed by atoms with Crippen molar-refractivity contribution in [3.05, 3.63) is 179 Å². The van der Waals surface area contributed by atoms with Gasteiger partial charge in [-0.1, -0.05) is 115 Å². The summed E-state index contributed by atoms with van der Waals surface area (Å²) in [4.78, 5) is 11.3. The molecule has 2 heterocycles. The Morgan fingerprint density at radius 3 is 2.49 bits per heavy atom. The lowest BCUT2D eigenvalue weighted by molar-refractivity contribution is 0.416. The predicted molar refractivity (Wildman–Crippen MR) is 233 cm³/mol. The number of allylic oxidation sites excluding steroid dienone is 1. The maximum Gasteiger partial charge on any atom is 0.126 e. The SMILES string of the molecule is C=NC1c2ccccc2SC1/C(=N\Cc1ccc(-c2cc(-n3c4ccccc4c4c5ccccc5ccc43)ccc2OC)cc1)c1ccc2c(c1)CCC=C2. The van der Waals surface area contributed by atoms with Gasteiger partial charge in [0.1, 0.15) is 5.75 Å². The number of benzene rings is 7. The molecule has 2 atom stereocenters. The fourth-order valence-electron chi connectivity index (χ4n) is 8.58. The molecule has 8 aromatic rings. The van der Waals surface area contributed by atoms with Crippen molar-refractivity contribution in [3.63, 3.8) is 0 Å². The molecule has 266 valence electrons. The number of aliphatic imine (C=N–C) groups is 2. The van der Waals surface area contributed by atoms with Crippen molar-refractivity contribution in [2.24, 2.45) is 9.98 Å². The van der Waals surface area contributed by atoms with Crippen LogP contribution in [0.5, 0.6) is 5.75 Å². The molecule has 5 heteroatoms. The van der Waals surface area contributed by atoms with E-state index in [1.807, 2.05) is 11.8 Å². The molecule has 0 fully saturated rings. The van der Waals surface area contributed by atoms with E-state index >= 15 is 0 Å². The molecule has 2 aliphatic rings. The molecule has 10 rings (SSSR count). The number of methoxy groups -OCH3 is 1. The second kappa shape index (κ2) is 13.9. The summed E-state index contributed by atoms with van der Waals surface area (Å²) in [7, 11) is 1.75. The Bertz CT molecular complexity index is 2850. The third-order valence-electron chi connectivity index (χ3n) is 11.3. The Kier molecular flexibility index (Phi) is 8.45. The molecule has 2 unspecified atom stereocenters. The van der Waals surface area contributed by atoms with E-state index in [4.69, 9.17) is 9.73 Å². The fourth-order valence-corrected chi connectivity index (χ4v) is 10.0. The second-order valence-corrected chi connectivity index (χ2v) is 15.6. The van der Waals surface area contributed by atoms with E-state index in [2.05, 4.69) is 174 Å². The molecule has 0 saturated carbocycles. The minimum absolute atomic E-state index is 0.0498. The fraction of sp³-hybridized carbons (Fsp3) is 0.120. The number of nitrogens with zero attached hydrogens (tertiary/aromatic N) is 3. The quantitative estimate of drug-likeness (QED) is 0.146. The monoisotopic (exact) mass is 729 g/mol. The molecule has 0 bridgehead atoms. The van der Waals surface area contributed by atoms with Gasteiger partial charge in [-0.3, -0.25) is 9.98 Å². The van der Waals surface area contributed by atoms with Crippen molar-refractivity contribution in [3.8, 4) is 22.6 Å². The van der Waals surface area contributed by atoms with E-state index < -0.39 is 0 Å². The molecular weight excluding hydrogens is 691 g/mol. The predicted octanol–water partition coefficient (Wildman–Crippen LogP) is 12.5. The van der Waals surface area contributed by atoms with Gasteiger partial charge < -0.3 is 9.30 Å². The van der Waals surface area contributed by atoms with E-state index in [0.717, 1.165) is 46.7 Å². The van der Waals surface area contributed by atoms with Crippen molar-refractivity contribution < 1.29 is 4.74 Å². The van der Waals surface area contributed by atoms with Crippen LogP contribution in [0.2, 0.25) is 0 Å². The minimum atomic E-state index is -0.0498. The van der Waals surface area contributed by atoms with E-state index in [-0.39, 0.29) is 11.3 Å². The first-order chi connectivity index (χ1) is 27.2. The maximum absolute atomic E-state index is 5.96. The Hall–Kier alpha value is -6.17. The number of aryl methyl sites for hydroxylation is 1. The molecule has 55 heavy (non-hydrogen) atoms. The highest BCUT2D eigenvalue weighted by molar-refractivity contribution is 8.01. The largest absolute Gasteiger partial charge is 0.496 e. The number of para-hydroxylation sites is 1. The van der Waals surface area contributed by atoms with E-state index in [1.165, 1.54) is 59.7 Å². The van der Waals surface area contributed by atoms with Crippen molar-refractivity contribution in [2.45, 2.75) is 35.6 Å². The van der Waals surface area contributed by atoms with Gasteiger partial charge in [0.15, 0.2) is 0 Å². The van der Waals surface area contributed by atoms with Crippen LogP contribution in [0.1, 0.15) is 40.3 Å². The number of aromatic nitrogens is 1. The van der Waals surface area contributed by atoms with Gasteiger partial charge in [-0.05, 0) is 106 Å². The average Bonchev–Trinajstić information content (AvgIpc) is 3.79. The Morgan fingerprint density at radius 2 is 1.62 bits per heavy atom. The van der Waals surface area contributed by atoms with E-state index in [1.54, 1.807) is 7.11 Å². The van der Waals surface area contributed by atoms with Crippen molar-refractivity contribution in [1.82, 2.24) is 4.57 Å². The molecule has 0 spiro atoms. The van der Waals surface area contributed by atoms with Gasteiger partial charge in [0.2, 0.25) is 0 Å². The van der Waals surface area contributed by atoms with Crippen LogP contribution in [0.25, 0.3) is 55.5 Å². The van der Waals surface area contributed by atoms with E-state index in [0.29, 0.717) is 6.54 Å². The van der Waals surface area contributed by atoms with Crippen LogP contribution in [0, 0.1) is 0 Å². The molecule has 0 saturated heterocycles. The Morgan fingerprint density at radius 1 is 0.800 bits per heavy atom. The van der Waals surface area contributed by atoms with Gasteiger partial charge >= 0.3 is 0 Å². The van der Waals surface area contributed by atoms with Crippen LogP contribution < -0.4 is 4.74 Å². The zero-order valence-electron chi connectivity index (χ0n) is 30.7. The van der Waals surface area contributed by atoms with Gasteiger partial charge in [0.05, 0.1) is 41.7 Å². The van der Waals surface area contributed by atoms with Crippen molar-refractivity contribution in [1.29, 1.82) is 0 Å². The normalized spacial score (nSPS) is 16.4. The maximum atomic E-state index is 5.96. The lowest BCUT2D eigenvalue weighted by atomic mass is 9.91. The summed E-state index contributed by atoms with van der Waals surface area (Å²) in [5.74, 6) is 0.839. The molecule has 0 amide bonds. The van der Waals surface area contributed by atoms with Crippen LogP contribution in [-0.2, 0) is 13.0 Å². The van der Waals surface area contributed by atoms with Gasteiger partial charge in [0, 0.05) is 26.9 Å². The Labute approximate surface area is 325 Å². The first-order valence-corrected chi connectivity index (χ1v) is 19.8. The number of hydrogen-bond acceptors (Lipinski definition) is 4. The molecule has 0 radical (unpaired) electrons. The van der Waals surface area contributed by atoms with Gasteiger partial charge in [-0.25, -0.2) is 0 Å². The minimum Gasteiger partial charge on any atom is -0.496 e. The van der Waals surface area contributed by atoms with Crippen molar-refractivity contribution in [2.75, 3.05) is 7.11 Å². The van der Waals surface area contributed by atoms with Gasteiger partial charge in [-0.2, -0.15) is 0 Å². The van der Waals surface area contributed by atoms with Crippen LogP contribution >= 0.6 is 11.8 Å². The first kappa shape index (κ1) is 33.4. The molecular formula is C50H39N3OS. The highest BCUT2D eigenvalue weighted by Gasteiger charge is 2.36. The summed E-state index contributed by atoms with van der Waals surface area (Å²) in [5.41, 5.74) is 12.9. The lowest BCUT2D eigenvalue weighted by Gasteiger charge is -2.20. The van der Waals surface area contributed by atoms with Crippen LogP contribution in [-0.4, -0.2) is 29.4 Å². The highest BCUT2D eigenvalue weighted by atomic mass is 32.2. The molecule has 1 aliphatic carbocycles. The lowest BCUT2D eigenvalue weighted by Crippen LogP contribution is -2.22. The average molecular weight is 730 g/mol. The summed E-state index contributed by atoms with van der Waals surface area (Å²) < 4.78 is 8.34. The van der Waals surface area contributed by atoms with Crippen LogP contribution in [0.15, 0.2) is 167 Å². The molecule has 4 nitrogen and oxygen atoms in total. The number of ether oxygens (including phenoxy) is 1. The number of hydrogen-bond donors (Lipinski definition) is 0. The van der Waals surface area contributed by atoms with Crippen molar-refractivity contribution >= 4 is 62.8 Å². The molecule has 1 aromatic heterocycles. The van der Waals surface area contributed by atoms with Gasteiger partial charge in [0.25, 0.3) is 0 Å². The molecule has 0 N–H and O–H groups in total. The zero-order chi connectivity index (χ0) is 36.9. The standard InChI is InChI=1S/C50H39N3OS/c1-51-49-41-16-8-10-18-46(41)55-50(49)48(37-24-23-33-11-3-4-13-36(33)29-37)52-31-32-19-21-35(22-20-32)42-30-38(26-28-45(42)54-2)53-43-17-9-7-15-40(43)47-39-14-6-5-12-34(39)25-27-44(47)53/h3,5-12,14-30,49-50H,1,4,13,31H2,2H3/b52-48-. The smallest absolute Gasteiger partial charge is 0.126 e. The second-order valence-electron chi connectivity index (χ2n) is 14.4. The Balaban J connectivity index is 1.02. The van der Waals surface area contributed by atoms with E-state index in [9.17, 15) is 0 Å². The highest BCUT2D eigenvalue weighted by Crippen LogP contribution is 2.48. The summed E-state index contributed by atoms with van der Waals surface area (Å²) in [6.45, 7) is 4.60. The summed E-state index contributed by atoms with van der Waals surface area (Å²) in [5, 5.41) is 5.09. The third-order valence-corrected chi connectivity index (χ3v) is 12.6. The summed E-state index contributed by atoms with van der Waals surface area (Å²) >= 11 is 1.86.